The van der Waals surface area contributed by atoms with Crippen LogP contribution in [0.3, 0.4) is 0 Å². The van der Waals surface area contributed by atoms with Crippen molar-refractivity contribution < 1.29 is 46.7 Å². The van der Waals surface area contributed by atoms with Gasteiger partial charge in [0.2, 0.25) is 0 Å². The zero-order valence-corrected chi connectivity index (χ0v) is 9.88. The molecule has 9 heteroatoms. The number of benzene rings is 1. The smallest absolute Gasteiger partial charge is 0.548 e. The Morgan fingerprint density at radius 3 is 2.39 bits per heavy atom. The van der Waals surface area contributed by atoms with Gasteiger partial charge in [0.25, 0.3) is 0 Å². The van der Waals surface area contributed by atoms with Crippen LogP contribution in [0.25, 0.3) is 0 Å². The first-order chi connectivity index (χ1) is 7.69. The van der Waals surface area contributed by atoms with Crippen molar-refractivity contribution in [1.82, 2.24) is 0 Å². The predicted molar refractivity (Wildman–Crippen MR) is 50.1 cm³/mol. The Bertz CT molecular complexity index is 442. The zero-order chi connectivity index (χ0) is 13.2. The quantitative estimate of drug-likeness (QED) is 0.647. The van der Waals surface area contributed by atoms with E-state index in [1.165, 1.54) is 0 Å². The summed E-state index contributed by atoms with van der Waals surface area (Å²) in [6, 6.07) is 1.26. The van der Waals surface area contributed by atoms with Crippen LogP contribution in [0.4, 0.5) is 13.2 Å². The summed E-state index contributed by atoms with van der Waals surface area (Å²) in [4.78, 5) is 10.5. The molecule has 1 unspecified atom stereocenters. The average Bonchev–Trinajstić information content (AvgIpc) is 2.12. The third kappa shape index (κ3) is 5.19. The topological polar surface area (TPSA) is 75.4 Å². The Labute approximate surface area is 117 Å². The molecule has 2 N–H and O–H groups in total. The van der Waals surface area contributed by atoms with Crippen molar-refractivity contribution in [3.05, 3.63) is 28.8 Å². The average molecular weight is 276 g/mol. The number of carbonyl (C=O) groups excluding carboxylic acids is 1. The second kappa shape index (κ2) is 6.34. The van der Waals surface area contributed by atoms with Crippen LogP contribution in [0, 0.1) is 0 Å². The van der Waals surface area contributed by atoms with Crippen LogP contribution < -0.4 is 34.4 Å². The van der Waals surface area contributed by atoms with E-state index < -0.39 is 24.1 Å². The molecule has 1 aromatic rings. The number of hydrogen-bond acceptors (Lipinski definition) is 4. The molecule has 0 heterocycles. The summed E-state index contributed by atoms with van der Waals surface area (Å²) in [6.45, 7) is 0. The number of carbonyl (C=O) groups is 1. The number of rotatable bonds is 3. The van der Waals surface area contributed by atoms with Crippen molar-refractivity contribution in [3.8, 4) is 5.75 Å². The summed E-state index contributed by atoms with van der Waals surface area (Å²) in [6.07, 6.45) is -4.90. The van der Waals surface area contributed by atoms with Gasteiger partial charge in [-0.05, 0) is 23.8 Å². The van der Waals surface area contributed by atoms with E-state index in [-0.39, 0.29) is 29.4 Å². The van der Waals surface area contributed by atoms with E-state index in [9.17, 15) is 23.1 Å². The van der Waals surface area contributed by atoms with Crippen LogP contribution in [0.2, 0.25) is 5.02 Å². The largest absolute Gasteiger partial charge is 1.00 e. The Morgan fingerprint density at radius 1 is 1.39 bits per heavy atom. The first-order valence-electron chi connectivity index (χ1n) is 4.22. The van der Waals surface area contributed by atoms with Crippen LogP contribution in [0.1, 0.15) is 11.6 Å². The molecule has 0 saturated carbocycles. The van der Waals surface area contributed by atoms with Gasteiger partial charge in [-0.15, -0.1) is 13.2 Å². The molecule has 4 nitrogen and oxygen atoms in total. The summed E-state index contributed by atoms with van der Waals surface area (Å²) in [5.41, 5.74) is 5.04. The maximum Gasteiger partial charge on any atom is 1.00 e. The fourth-order valence-electron chi connectivity index (χ4n) is 1.09. The Morgan fingerprint density at radius 2 is 1.94 bits per heavy atom. The first kappa shape index (κ1) is 17.1. The zero-order valence-electron chi connectivity index (χ0n) is 9.12. The molecule has 0 saturated heterocycles. The fourth-order valence-corrected chi connectivity index (χ4v) is 1.33. The van der Waals surface area contributed by atoms with Crippen LogP contribution >= 0.6 is 11.6 Å². The molecule has 0 fully saturated rings. The minimum absolute atomic E-state index is 0. The molecule has 94 valence electrons. The van der Waals surface area contributed by atoms with Crippen LogP contribution in [-0.2, 0) is 4.79 Å². The molecule has 0 amide bonds. The van der Waals surface area contributed by atoms with Gasteiger partial charge in [-0.1, -0.05) is 11.6 Å². The molecule has 1 rings (SSSR count). The molecule has 0 aliphatic heterocycles. The minimum atomic E-state index is -4.90. The van der Waals surface area contributed by atoms with Crippen molar-refractivity contribution in [2.24, 2.45) is 5.73 Å². The molecule has 18 heavy (non-hydrogen) atoms. The third-order valence-electron chi connectivity index (χ3n) is 1.74. The summed E-state index contributed by atoms with van der Waals surface area (Å²) in [7, 11) is 0. The first-order valence-corrected chi connectivity index (χ1v) is 4.59. The van der Waals surface area contributed by atoms with Gasteiger partial charge in [0.1, 0.15) is 5.75 Å². The molecule has 1 aromatic carbocycles. The van der Waals surface area contributed by atoms with E-state index in [2.05, 4.69) is 4.74 Å². The van der Waals surface area contributed by atoms with E-state index in [0.717, 1.165) is 18.2 Å². The van der Waals surface area contributed by atoms with Crippen molar-refractivity contribution in [2.45, 2.75) is 12.4 Å². The maximum atomic E-state index is 11.9. The van der Waals surface area contributed by atoms with E-state index in [4.69, 9.17) is 17.3 Å². The number of halogens is 4. The Balaban J connectivity index is 0.00000289. The number of alkyl halides is 3. The number of ether oxygens (including phenoxy) is 1. The van der Waals surface area contributed by atoms with Crippen molar-refractivity contribution in [3.63, 3.8) is 0 Å². The molecule has 0 aliphatic carbocycles. The van der Waals surface area contributed by atoms with Crippen LogP contribution in [0.15, 0.2) is 18.2 Å². The Hall–Kier alpha value is -0.873. The number of aliphatic carboxylic acids is 1. The van der Waals surface area contributed by atoms with Gasteiger partial charge in [0, 0.05) is 5.02 Å². The second-order valence-corrected chi connectivity index (χ2v) is 3.50. The van der Waals surface area contributed by atoms with Gasteiger partial charge < -0.3 is 20.4 Å². The summed E-state index contributed by atoms with van der Waals surface area (Å²) in [5, 5.41) is 10.3. The van der Waals surface area contributed by atoms with E-state index in [1.807, 2.05) is 0 Å². The number of nitrogens with two attached hydrogens (primary N) is 1. The Kier molecular flexibility index (Phi) is 6.03. The summed E-state index contributed by atoms with van der Waals surface area (Å²) in [5.74, 6) is -2.28. The molecular formula is C9H6ClF3LiNO3. The van der Waals surface area contributed by atoms with Crippen molar-refractivity contribution >= 4 is 17.6 Å². The minimum Gasteiger partial charge on any atom is -0.548 e. The van der Waals surface area contributed by atoms with Gasteiger partial charge in [-0.25, -0.2) is 0 Å². The molecule has 0 bridgehead atoms. The number of carboxylic acids is 1. The third-order valence-corrected chi connectivity index (χ3v) is 1.96. The second-order valence-electron chi connectivity index (χ2n) is 3.06. The van der Waals surface area contributed by atoms with Crippen LogP contribution in [0.5, 0.6) is 5.75 Å². The molecule has 0 aliphatic rings. The summed E-state index contributed by atoms with van der Waals surface area (Å²) < 4.78 is 39.4. The number of hydrogen-bond donors (Lipinski definition) is 1. The van der Waals surface area contributed by atoms with Gasteiger partial charge in [0.15, 0.2) is 0 Å². The SMILES string of the molecule is NC(C(=O)[O-])c1cc(Cl)cc(OC(F)(F)F)c1.[Li+]. The fraction of sp³-hybridized carbons (Fsp3) is 0.222. The summed E-state index contributed by atoms with van der Waals surface area (Å²) >= 11 is 5.51. The van der Waals surface area contributed by atoms with E-state index >= 15 is 0 Å². The van der Waals surface area contributed by atoms with E-state index in [0.29, 0.717) is 0 Å². The van der Waals surface area contributed by atoms with Gasteiger partial charge >= 0.3 is 25.2 Å². The van der Waals surface area contributed by atoms with Crippen LogP contribution in [-0.4, -0.2) is 12.3 Å². The maximum absolute atomic E-state index is 11.9. The molecule has 0 aromatic heterocycles. The molecular weight excluding hydrogens is 269 g/mol. The van der Waals surface area contributed by atoms with Crippen molar-refractivity contribution in [2.75, 3.05) is 0 Å². The normalized spacial score (nSPS) is 12.5. The molecule has 0 radical (unpaired) electrons. The molecule has 0 spiro atoms. The molecule has 1 atom stereocenters. The van der Waals surface area contributed by atoms with E-state index in [1.54, 1.807) is 0 Å². The van der Waals surface area contributed by atoms with Gasteiger partial charge in [0.05, 0.1) is 12.0 Å². The monoisotopic (exact) mass is 275 g/mol. The standard InChI is InChI=1S/C9H7ClF3NO3.Li/c10-5-1-4(7(14)8(15)16)2-6(3-5)17-9(11,12)13;/h1-3,7H,14H2,(H,15,16);/q;+1/p-1. The van der Waals surface area contributed by atoms with Gasteiger partial charge in [-0.2, -0.15) is 0 Å². The number of carboxylic acid groups (broad SMARTS) is 1. The van der Waals surface area contributed by atoms with Gasteiger partial charge in [-0.3, -0.25) is 0 Å². The van der Waals surface area contributed by atoms with Crippen molar-refractivity contribution in [1.29, 1.82) is 0 Å². The predicted octanol–water partition coefficient (Wildman–Crippen LogP) is -2.01.